The van der Waals surface area contributed by atoms with E-state index >= 15 is 0 Å². The van der Waals surface area contributed by atoms with Gasteiger partial charge in [0, 0.05) is 24.2 Å². The smallest absolute Gasteiger partial charge is 0.254 e. The first-order valence-corrected chi connectivity index (χ1v) is 7.45. The Hall–Kier alpha value is -1.42. The molecule has 1 amide bonds. The zero-order valence-corrected chi connectivity index (χ0v) is 11.9. The van der Waals surface area contributed by atoms with Crippen LogP contribution in [0.15, 0.2) is 18.2 Å². The number of nitrogens with zero attached hydrogens (tertiary/aromatic N) is 1. The molecule has 1 unspecified atom stereocenters. The number of aryl methyl sites for hydroxylation is 1. The molecule has 1 saturated carbocycles. The summed E-state index contributed by atoms with van der Waals surface area (Å²) in [7, 11) is 0. The lowest BCUT2D eigenvalue weighted by atomic mass is 10.1. The molecule has 0 spiro atoms. The lowest BCUT2D eigenvalue weighted by Gasteiger charge is -2.26. The average molecular weight is 276 g/mol. The van der Waals surface area contributed by atoms with Crippen molar-refractivity contribution >= 4 is 5.91 Å². The van der Waals surface area contributed by atoms with Crippen molar-refractivity contribution in [1.82, 2.24) is 10.2 Å². The monoisotopic (exact) mass is 276 g/mol. The lowest BCUT2D eigenvalue weighted by Crippen LogP contribution is -2.42. The fraction of sp³-hybridized carbons (Fsp3) is 0.562. The summed E-state index contributed by atoms with van der Waals surface area (Å²) < 4.78 is 13.2. The molecular formula is C16H21FN2O. The molecule has 1 aliphatic carbocycles. The summed E-state index contributed by atoms with van der Waals surface area (Å²) in [6, 6.07) is 5.23. The molecule has 0 aromatic heterocycles. The van der Waals surface area contributed by atoms with Crippen LogP contribution in [0.5, 0.6) is 0 Å². The number of rotatable bonds is 4. The number of carbonyl (C=O) groups excluding carboxylic acids is 1. The molecule has 1 heterocycles. The zero-order chi connectivity index (χ0) is 14.1. The van der Waals surface area contributed by atoms with Gasteiger partial charge >= 0.3 is 0 Å². The molecule has 3 nitrogen and oxygen atoms in total. The van der Waals surface area contributed by atoms with Crippen molar-refractivity contribution in [2.75, 3.05) is 13.1 Å². The fourth-order valence-corrected chi connectivity index (χ4v) is 2.96. The minimum absolute atomic E-state index is 0.0544. The van der Waals surface area contributed by atoms with E-state index < -0.39 is 0 Å². The van der Waals surface area contributed by atoms with Crippen molar-refractivity contribution in [3.63, 3.8) is 0 Å². The van der Waals surface area contributed by atoms with Crippen LogP contribution in [0.25, 0.3) is 0 Å². The Labute approximate surface area is 119 Å². The maximum atomic E-state index is 13.2. The van der Waals surface area contributed by atoms with Gasteiger partial charge in [0.25, 0.3) is 5.91 Å². The van der Waals surface area contributed by atoms with Gasteiger partial charge in [-0.25, -0.2) is 4.39 Å². The number of halogens is 1. The highest BCUT2D eigenvalue weighted by atomic mass is 19.1. The summed E-state index contributed by atoms with van der Waals surface area (Å²) in [5.74, 6) is -0.229. The van der Waals surface area contributed by atoms with E-state index in [2.05, 4.69) is 5.32 Å². The summed E-state index contributed by atoms with van der Waals surface area (Å²) in [6.07, 6.45) is 4.52. The summed E-state index contributed by atoms with van der Waals surface area (Å²) in [5.41, 5.74) is 1.36. The topological polar surface area (TPSA) is 32.3 Å². The molecule has 1 aromatic rings. The van der Waals surface area contributed by atoms with Crippen LogP contribution < -0.4 is 5.32 Å². The molecule has 20 heavy (non-hydrogen) atoms. The van der Waals surface area contributed by atoms with E-state index in [1.54, 1.807) is 13.0 Å². The summed E-state index contributed by atoms with van der Waals surface area (Å²) in [4.78, 5) is 14.7. The highest BCUT2D eigenvalue weighted by Gasteiger charge is 2.35. The molecule has 2 aliphatic rings. The molecular weight excluding hydrogens is 255 g/mol. The maximum absolute atomic E-state index is 13.2. The van der Waals surface area contributed by atoms with Gasteiger partial charge < -0.3 is 10.2 Å². The molecule has 0 radical (unpaired) electrons. The predicted molar refractivity (Wildman–Crippen MR) is 76.2 cm³/mol. The number of nitrogens with one attached hydrogen (secondary N) is 1. The van der Waals surface area contributed by atoms with E-state index in [9.17, 15) is 9.18 Å². The van der Waals surface area contributed by atoms with Crippen LogP contribution in [0.2, 0.25) is 0 Å². The number of hydrogen-bond donors (Lipinski definition) is 1. The molecule has 1 saturated heterocycles. The van der Waals surface area contributed by atoms with Crippen LogP contribution in [0.1, 0.15) is 41.6 Å². The van der Waals surface area contributed by atoms with Gasteiger partial charge in [0.1, 0.15) is 5.82 Å². The summed E-state index contributed by atoms with van der Waals surface area (Å²) in [5, 5.41) is 3.45. The van der Waals surface area contributed by atoms with Gasteiger partial charge in [0.15, 0.2) is 0 Å². The van der Waals surface area contributed by atoms with Crippen molar-refractivity contribution in [3.05, 3.63) is 35.1 Å². The molecule has 1 atom stereocenters. The SMILES string of the molecule is Cc1cc(F)ccc1C(=O)N(CC1CCCN1)C1CC1. The predicted octanol–water partition coefficient (Wildman–Crippen LogP) is 2.49. The quantitative estimate of drug-likeness (QED) is 0.916. The van der Waals surface area contributed by atoms with Crippen LogP contribution in [-0.2, 0) is 0 Å². The zero-order valence-electron chi connectivity index (χ0n) is 11.9. The molecule has 1 aromatic carbocycles. The normalized spacial score (nSPS) is 22.0. The Morgan fingerprint density at radius 2 is 2.20 bits per heavy atom. The van der Waals surface area contributed by atoms with Crippen LogP contribution >= 0.6 is 0 Å². The second kappa shape index (κ2) is 5.52. The van der Waals surface area contributed by atoms with Gasteiger partial charge in [0.2, 0.25) is 0 Å². The molecule has 1 N–H and O–H groups in total. The van der Waals surface area contributed by atoms with Crippen molar-refractivity contribution in [2.45, 2.75) is 44.7 Å². The van der Waals surface area contributed by atoms with Gasteiger partial charge in [0.05, 0.1) is 0 Å². The van der Waals surface area contributed by atoms with Gasteiger partial charge in [-0.2, -0.15) is 0 Å². The third-order valence-electron chi connectivity index (χ3n) is 4.25. The number of hydrogen-bond acceptors (Lipinski definition) is 2. The number of benzene rings is 1. The highest BCUT2D eigenvalue weighted by molar-refractivity contribution is 5.96. The van der Waals surface area contributed by atoms with Gasteiger partial charge in [-0.15, -0.1) is 0 Å². The molecule has 4 heteroatoms. The number of carbonyl (C=O) groups is 1. The van der Waals surface area contributed by atoms with E-state index in [1.165, 1.54) is 18.6 Å². The minimum Gasteiger partial charge on any atom is -0.334 e. The van der Waals surface area contributed by atoms with Crippen LogP contribution in [0, 0.1) is 12.7 Å². The van der Waals surface area contributed by atoms with Crippen molar-refractivity contribution < 1.29 is 9.18 Å². The van der Waals surface area contributed by atoms with Crippen molar-refractivity contribution in [1.29, 1.82) is 0 Å². The van der Waals surface area contributed by atoms with Crippen molar-refractivity contribution in [2.24, 2.45) is 0 Å². The Kier molecular flexibility index (Phi) is 3.74. The molecule has 1 aliphatic heterocycles. The van der Waals surface area contributed by atoms with Crippen molar-refractivity contribution in [3.8, 4) is 0 Å². The first-order chi connectivity index (χ1) is 9.65. The standard InChI is InChI=1S/C16H21FN2O/c1-11-9-12(17)4-7-15(11)16(20)19(14-5-6-14)10-13-3-2-8-18-13/h4,7,9,13-14,18H,2-3,5-6,8,10H2,1H3. The second-order valence-electron chi connectivity index (χ2n) is 5.94. The van der Waals surface area contributed by atoms with E-state index in [-0.39, 0.29) is 11.7 Å². The van der Waals surface area contributed by atoms with Crippen LogP contribution in [-0.4, -0.2) is 36.0 Å². The third kappa shape index (κ3) is 2.85. The van der Waals surface area contributed by atoms with E-state index in [1.807, 2.05) is 4.90 Å². The largest absolute Gasteiger partial charge is 0.334 e. The average Bonchev–Trinajstić information content (AvgIpc) is 3.12. The van der Waals surface area contributed by atoms with Gasteiger partial charge in [-0.3, -0.25) is 4.79 Å². The van der Waals surface area contributed by atoms with Crippen LogP contribution in [0.4, 0.5) is 4.39 Å². The molecule has 0 bridgehead atoms. The Balaban J connectivity index is 1.77. The fourth-order valence-electron chi connectivity index (χ4n) is 2.96. The third-order valence-corrected chi connectivity index (χ3v) is 4.25. The maximum Gasteiger partial charge on any atom is 0.254 e. The van der Waals surface area contributed by atoms with Gasteiger partial charge in [-0.05, 0) is 62.9 Å². The Morgan fingerprint density at radius 1 is 1.40 bits per heavy atom. The summed E-state index contributed by atoms with van der Waals surface area (Å²) in [6.45, 7) is 3.63. The van der Waals surface area contributed by atoms with E-state index in [4.69, 9.17) is 0 Å². The van der Waals surface area contributed by atoms with E-state index in [0.29, 0.717) is 17.6 Å². The first kappa shape index (κ1) is 13.6. The summed E-state index contributed by atoms with van der Waals surface area (Å²) >= 11 is 0. The Bertz CT molecular complexity index is 507. The minimum atomic E-state index is -0.283. The molecule has 3 rings (SSSR count). The lowest BCUT2D eigenvalue weighted by molar-refractivity contribution is 0.0728. The molecule has 108 valence electrons. The number of amides is 1. The van der Waals surface area contributed by atoms with Gasteiger partial charge in [-0.1, -0.05) is 0 Å². The Morgan fingerprint density at radius 3 is 2.80 bits per heavy atom. The second-order valence-corrected chi connectivity index (χ2v) is 5.94. The first-order valence-electron chi connectivity index (χ1n) is 7.45. The van der Waals surface area contributed by atoms with E-state index in [0.717, 1.165) is 37.9 Å². The highest BCUT2D eigenvalue weighted by Crippen LogP contribution is 2.29. The van der Waals surface area contributed by atoms with Crippen LogP contribution in [0.3, 0.4) is 0 Å². The molecule has 2 fully saturated rings.